The number of hydrogen-bond acceptors (Lipinski definition) is 6. The maximum Gasteiger partial charge on any atom is 0.490 e. The van der Waals surface area contributed by atoms with Crippen molar-refractivity contribution in [3.8, 4) is 5.88 Å². The van der Waals surface area contributed by atoms with Crippen LogP contribution in [0.3, 0.4) is 0 Å². The van der Waals surface area contributed by atoms with Gasteiger partial charge in [0.15, 0.2) is 11.6 Å². The molecule has 2 aliphatic heterocycles. The van der Waals surface area contributed by atoms with E-state index >= 15 is 0 Å². The summed E-state index contributed by atoms with van der Waals surface area (Å²) in [5, 5.41) is 12.9. The number of ether oxygens (including phenoxy) is 1. The van der Waals surface area contributed by atoms with Gasteiger partial charge in [-0.1, -0.05) is 0 Å². The van der Waals surface area contributed by atoms with Gasteiger partial charge in [-0.25, -0.2) is 9.18 Å². The predicted molar refractivity (Wildman–Crippen MR) is 108 cm³/mol. The molecule has 0 aliphatic carbocycles. The summed E-state index contributed by atoms with van der Waals surface area (Å²) in [5.74, 6) is -4.81. The zero-order valence-corrected chi connectivity index (χ0v) is 18.6. The van der Waals surface area contributed by atoms with E-state index in [-0.39, 0.29) is 56.1 Å². The molecule has 1 amide bonds. The minimum absolute atomic E-state index is 0.0231. The Balaban J connectivity index is 0.000000540. The first-order valence-corrected chi connectivity index (χ1v) is 10.6. The van der Waals surface area contributed by atoms with E-state index in [0.717, 1.165) is 19.4 Å². The largest absolute Gasteiger partial charge is 0.490 e. The van der Waals surface area contributed by atoms with E-state index in [1.807, 2.05) is 0 Å². The van der Waals surface area contributed by atoms with Crippen LogP contribution in [0.25, 0.3) is 0 Å². The number of rotatable bonds is 5. The SMILES string of the molecule is COc1nc(N2CCC(C(F)(F)F)CC2)c(F)cc1CNC(=O)[C@@H]1CCCN1.O=C(O)C(F)(F)F. The average molecular weight is 518 g/mol. The van der Waals surface area contributed by atoms with Gasteiger partial charge in [0.1, 0.15) is 0 Å². The highest BCUT2D eigenvalue weighted by Gasteiger charge is 2.41. The molecule has 35 heavy (non-hydrogen) atoms. The van der Waals surface area contributed by atoms with Gasteiger partial charge in [0.25, 0.3) is 0 Å². The molecule has 8 nitrogen and oxygen atoms in total. The third-order valence-electron chi connectivity index (χ3n) is 5.52. The molecule has 3 rings (SSSR count). The Morgan fingerprint density at radius 2 is 1.80 bits per heavy atom. The molecular weight excluding hydrogens is 493 g/mol. The van der Waals surface area contributed by atoms with Gasteiger partial charge in [0.05, 0.1) is 19.1 Å². The van der Waals surface area contributed by atoms with E-state index in [2.05, 4.69) is 15.6 Å². The topological polar surface area (TPSA) is 104 Å². The summed E-state index contributed by atoms with van der Waals surface area (Å²) in [6.07, 6.45) is -7.83. The number of anilines is 1. The van der Waals surface area contributed by atoms with Crippen molar-refractivity contribution in [1.82, 2.24) is 15.6 Å². The first-order valence-electron chi connectivity index (χ1n) is 10.6. The Kier molecular flexibility index (Phi) is 9.52. The summed E-state index contributed by atoms with van der Waals surface area (Å²) >= 11 is 0. The smallest absolute Gasteiger partial charge is 0.481 e. The number of methoxy groups -OCH3 is 1. The van der Waals surface area contributed by atoms with E-state index in [4.69, 9.17) is 14.6 Å². The number of nitrogens with zero attached hydrogens (tertiary/aromatic N) is 2. The summed E-state index contributed by atoms with van der Waals surface area (Å²) in [5.41, 5.74) is 0.375. The first-order chi connectivity index (χ1) is 16.2. The second kappa shape index (κ2) is 11.7. The molecule has 3 N–H and O–H groups in total. The highest BCUT2D eigenvalue weighted by molar-refractivity contribution is 5.82. The second-order valence-corrected chi connectivity index (χ2v) is 7.93. The van der Waals surface area contributed by atoms with Gasteiger partial charge in [0, 0.05) is 25.2 Å². The lowest BCUT2D eigenvalue weighted by Gasteiger charge is -2.34. The first kappa shape index (κ1) is 28.4. The Morgan fingerprint density at radius 1 is 1.20 bits per heavy atom. The lowest BCUT2D eigenvalue weighted by Crippen LogP contribution is -2.40. The van der Waals surface area contributed by atoms with Crippen molar-refractivity contribution < 1.29 is 50.2 Å². The number of carbonyl (C=O) groups is 2. The fourth-order valence-corrected chi connectivity index (χ4v) is 3.66. The van der Waals surface area contributed by atoms with Crippen LogP contribution >= 0.6 is 0 Å². The molecule has 15 heteroatoms. The number of piperidine rings is 1. The fourth-order valence-electron chi connectivity index (χ4n) is 3.66. The van der Waals surface area contributed by atoms with Crippen LogP contribution in [-0.2, 0) is 16.1 Å². The molecule has 3 heterocycles. The van der Waals surface area contributed by atoms with Crippen LogP contribution in [0.15, 0.2) is 6.07 Å². The van der Waals surface area contributed by atoms with Gasteiger partial charge in [-0.05, 0) is 38.3 Å². The summed E-state index contributed by atoms with van der Waals surface area (Å²) in [7, 11) is 1.38. The molecule has 0 aromatic carbocycles. The molecule has 2 saturated heterocycles. The van der Waals surface area contributed by atoms with Crippen molar-refractivity contribution in [2.45, 2.75) is 50.6 Å². The number of amides is 1. The highest BCUT2D eigenvalue weighted by Crippen LogP contribution is 2.36. The highest BCUT2D eigenvalue weighted by atomic mass is 19.4. The molecule has 0 bridgehead atoms. The minimum atomic E-state index is -5.08. The quantitative estimate of drug-likeness (QED) is 0.515. The van der Waals surface area contributed by atoms with Crippen LogP contribution in [0.5, 0.6) is 5.88 Å². The zero-order valence-electron chi connectivity index (χ0n) is 18.6. The zero-order chi connectivity index (χ0) is 26.4. The number of pyridine rings is 1. The van der Waals surface area contributed by atoms with Crippen molar-refractivity contribution in [2.75, 3.05) is 31.6 Å². The lowest BCUT2D eigenvalue weighted by molar-refractivity contribution is -0.192. The van der Waals surface area contributed by atoms with Crippen LogP contribution in [0.2, 0.25) is 0 Å². The van der Waals surface area contributed by atoms with E-state index in [1.54, 1.807) is 0 Å². The number of nitrogens with one attached hydrogen (secondary N) is 2. The number of carboxylic acid groups (broad SMARTS) is 1. The number of aromatic nitrogens is 1. The molecule has 1 aromatic rings. The van der Waals surface area contributed by atoms with Crippen molar-refractivity contribution in [3.05, 3.63) is 17.4 Å². The molecule has 2 fully saturated rings. The number of carbonyl (C=O) groups excluding carboxylic acids is 1. The van der Waals surface area contributed by atoms with E-state index < -0.39 is 30.1 Å². The van der Waals surface area contributed by atoms with Gasteiger partial charge < -0.3 is 25.4 Å². The Labute approximate surface area is 195 Å². The Hall–Kier alpha value is -2.84. The van der Waals surface area contributed by atoms with Crippen molar-refractivity contribution >= 4 is 17.7 Å². The molecule has 0 saturated carbocycles. The van der Waals surface area contributed by atoms with Crippen molar-refractivity contribution in [1.29, 1.82) is 0 Å². The van der Waals surface area contributed by atoms with Gasteiger partial charge in [-0.2, -0.15) is 31.3 Å². The molecule has 0 radical (unpaired) electrons. The van der Waals surface area contributed by atoms with E-state index in [9.17, 15) is 35.5 Å². The number of alkyl halides is 6. The van der Waals surface area contributed by atoms with Crippen LogP contribution in [-0.4, -0.2) is 67.1 Å². The molecular formula is C20H25F7N4O4. The summed E-state index contributed by atoms with van der Waals surface area (Å²) in [4.78, 5) is 26.7. The van der Waals surface area contributed by atoms with Gasteiger partial charge in [-0.15, -0.1) is 0 Å². The van der Waals surface area contributed by atoms with Crippen LogP contribution in [0.4, 0.5) is 36.6 Å². The Morgan fingerprint density at radius 3 is 2.26 bits per heavy atom. The molecule has 2 aliphatic rings. The molecule has 198 valence electrons. The lowest BCUT2D eigenvalue weighted by atomic mass is 9.96. The summed E-state index contributed by atoms with van der Waals surface area (Å²) < 4.78 is 90.0. The van der Waals surface area contributed by atoms with E-state index in [1.165, 1.54) is 18.1 Å². The molecule has 0 unspecified atom stereocenters. The van der Waals surface area contributed by atoms with Crippen molar-refractivity contribution in [2.24, 2.45) is 5.92 Å². The molecule has 1 aromatic heterocycles. The third kappa shape index (κ3) is 8.11. The summed E-state index contributed by atoms with van der Waals surface area (Å²) in [6, 6.07) is 0.970. The minimum Gasteiger partial charge on any atom is -0.481 e. The van der Waals surface area contributed by atoms with Crippen molar-refractivity contribution in [3.63, 3.8) is 0 Å². The number of halogens is 7. The number of carboxylic acids is 1. The standard InChI is InChI=1S/C18H24F4N4O2.C2HF3O2/c1-28-17-11(10-24-16(27)14-3-2-6-23-14)9-13(19)15(25-17)26-7-4-12(5-8-26)18(20,21)22;3-2(4,5)1(6)7/h9,12,14,23H,2-8,10H2,1H3,(H,24,27);(H,6,7)/t14-;/m0./s1. The van der Waals surface area contributed by atoms with Crippen LogP contribution in [0, 0.1) is 11.7 Å². The van der Waals surface area contributed by atoms with Crippen LogP contribution in [0.1, 0.15) is 31.2 Å². The summed E-state index contributed by atoms with van der Waals surface area (Å²) in [6.45, 7) is 0.985. The van der Waals surface area contributed by atoms with E-state index in [0.29, 0.717) is 5.56 Å². The maximum absolute atomic E-state index is 14.6. The number of hydrogen-bond donors (Lipinski definition) is 3. The van der Waals surface area contributed by atoms with Gasteiger partial charge in [0.2, 0.25) is 11.8 Å². The molecule has 0 spiro atoms. The number of aliphatic carboxylic acids is 1. The average Bonchev–Trinajstić information content (AvgIpc) is 3.32. The van der Waals surface area contributed by atoms with Gasteiger partial charge in [-0.3, -0.25) is 4.79 Å². The molecule has 1 atom stereocenters. The predicted octanol–water partition coefficient (Wildman–Crippen LogP) is 3.01. The second-order valence-electron chi connectivity index (χ2n) is 7.93. The Bertz CT molecular complexity index is 881. The van der Waals surface area contributed by atoms with Gasteiger partial charge >= 0.3 is 18.3 Å². The maximum atomic E-state index is 14.6. The third-order valence-corrected chi connectivity index (χ3v) is 5.52. The normalized spacial score (nSPS) is 19.1. The fraction of sp³-hybridized carbons (Fsp3) is 0.650. The monoisotopic (exact) mass is 518 g/mol. The van der Waals surface area contributed by atoms with Crippen LogP contribution < -0.4 is 20.3 Å².